The zero-order valence-electron chi connectivity index (χ0n) is 5.94. The summed E-state index contributed by atoms with van der Waals surface area (Å²) < 4.78 is 9.39. The lowest BCUT2D eigenvalue weighted by molar-refractivity contribution is -0.135. The summed E-state index contributed by atoms with van der Waals surface area (Å²) in [4.78, 5) is 21.2. The third kappa shape index (κ3) is 1.03. The normalized spacial score (nSPS) is 26.3. The standard InChI is InChI=1S/C8H4O4/c9-7-3-1-5(11-7)6-2-4-8(10)12-6/h1-4H/b6-5-. The summed E-state index contributed by atoms with van der Waals surface area (Å²) in [5, 5.41) is 0. The van der Waals surface area contributed by atoms with Gasteiger partial charge in [-0.05, 0) is 12.2 Å². The minimum Gasteiger partial charge on any atom is -0.419 e. The Morgan fingerprint density at radius 1 is 0.750 bits per heavy atom. The maximum Gasteiger partial charge on any atom is 0.336 e. The van der Waals surface area contributed by atoms with Gasteiger partial charge in [0.25, 0.3) is 0 Å². The summed E-state index contributed by atoms with van der Waals surface area (Å²) in [7, 11) is 0. The highest BCUT2D eigenvalue weighted by Gasteiger charge is 2.19. The van der Waals surface area contributed by atoms with Crippen molar-refractivity contribution in [3.8, 4) is 0 Å². The highest BCUT2D eigenvalue weighted by atomic mass is 16.6. The number of carbonyl (C=O) groups is 2. The van der Waals surface area contributed by atoms with Crippen LogP contribution in [0.25, 0.3) is 0 Å². The quantitative estimate of drug-likeness (QED) is 0.487. The van der Waals surface area contributed by atoms with Crippen LogP contribution in [0, 0.1) is 0 Å². The largest absolute Gasteiger partial charge is 0.419 e. The fourth-order valence-corrected chi connectivity index (χ4v) is 0.905. The van der Waals surface area contributed by atoms with Crippen LogP contribution in [0.15, 0.2) is 35.8 Å². The smallest absolute Gasteiger partial charge is 0.336 e. The van der Waals surface area contributed by atoms with E-state index in [1.165, 1.54) is 24.3 Å². The first kappa shape index (κ1) is 6.84. The summed E-state index contributed by atoms with van der Waals surface area (Å²) in [6.45, 7) is 0. The zero-order valence-corrected chi connectivity index (χ0v) is 5.94. The molecule has 0 atom stereocenters. The summed E-state index contributed by atoms with van der Waals surface area (Å²) in [5.74, 6) is -0.341. The number of allylic oxidation sites excluding steroid dienone is 2. The number of hydrogen-bond acceptors (Lipinski definition) is 4. The van der Waals surface area contributed by atoms with Gasteiger partial charge in [0, 0.05) is 12.2 Å². The maximum absolute atomic E-state index is 10.6. The maximum atomic E-state index is 10.6. The average Bonchev–Trinajstić information content (AvgIpc) is 2.58. The molecule has 4 nitrogen and oxygen atoms in total. The molecule has 0 radical (unpaired) electrons. The minimum atomic E-state index is -0.450. The van der Waals surface area contributed by atoms with Gasteiger partial charge in [-0.15, -0.1) is 0 Å². The Balaban J connectivity index is 2.29. The van der Waals surface area contributed by atoms with Crippen molar-refractivity contribution in [2.75, 3.05) is 0 Å². The van der Waals surface area contributed by atoms with Crippen LogP contribution in [0.5, 0.6) is 0 Å². The van der Waals surface area contributed by atoms with Crippen molar-refractivity contribution in [1.82, 2.24) is 0 Å². The predicted molar refractivity (Wildman–Crippen MR) is 37.5 cm³/mol. The van der Waals surface area contributed by atoms with Crippen molar-refractivity contribution in [2.24, 2.45) is 0 Å². The van der Waals surface area contributed by atoms with Crippen molar-refractivity contribution >= 4 is 11.9 Å². The molecule has 0 spiro atoms. The molecule has 0 fully saturated rings. The first-order valence-corrected chi connectivity index (χ1v) is 3.30. The molecule has 60 valence electrons. The number of rotatable bonds is 0. The van der Waals surface area contributed by atoms with Gasteiger partial charge in [-0.2, -0.15) is 0 Å². The van der Waals surface area contributed by atoms with Crippen LogP contribution in [0.3, 0.4) is 0 Å². The van der Waals surface area contributed by atoms with Crippen molar-refractivity contribution in [3.63, 3.8) is 0 Å². The van der Waals surface area contributed by atoms with Gasteiger partial charge in [0.1, 0.15) is 0 Å². The molecule has 12 heavy (non-hydrogen) atoms. The molecule has 0 aromatic heterocycles. The van der Waals surface area contributed by atoms with E-state index in [1.54, 1.807) is 0 Å². The van der Waals surface area contributed by atoms with Gasteiger partial charge in [-0.25, -0.2) is 9.59 Å². The van der Waals surface area contributed by atoms with Gasteiger partial charge in [0.2, 0.25) is 0 Å². The Morgan fingerprint density at radius 2 is 1.17 bits per heavy atom. The van der Waals surface area contributed by atoms with E-state index in [-0.39, 0.29) is 11.5 Å². The summed E-state index contributed by atoms with van der Waals surface area (Å²) >= 11 is 0. The third-order valence-electron chi connectivity index (χ3n) is 1.41. The first-order valence-electron chi connectivity index (χ1n) is 3.30. The van der Waals surface area contributed by atoms with Crippen LogP contribution in [0.4, 0.5) is 0 Å². The Morgan fingerprint density at radius 3 is 1.42 bits per heavy atom. The van der Waals surface area contributed by atoms with Gasteiger partial charge in [0.05, 0.1) is 0 Å². The van der Waals surface area contributed by atoms with E-state index >= 15 is 0 Å². The lowest BCUT2D eigenvalue weighted by Gasteiger charge is -1.98. The number of hydrogen-bond donors (Lipinski definition) is 0. The predicted octanol–water partition coefficient (Wildman–Crippen LogP) is 0.424. The van der Waals surface area contributed by atoms with Crippen molar-refractivity contribution < 1.29 is 19.1 Å². The molecule has 0 aliphatic carbocycles. The van der Waals surface area contributed by atoms with E-state index in [2.05, 4.69) is 0 Å². The van der Waals surface area contributed by atoms with Crippen LogP contribution in [0.1, 0.15) is 0 Å². The van der Waals surface area contributed by atoms with Gasteiger partial charge in [-0.1, -0.05) is 0 Å². The van der Waals surface area contributed by atoms with Crippen molar-refractivity contribution in [2.45, 2.75) is 0 Å². The van der Waals surface area contributed by atoms with Crippen LogP contribution in [0.2, 0.25) is 0 Å². The van der Waals surface area contributed by atoms with Gasteiger partial charge < -0.3 is 9.47 Å². The van der Waals surface area contributed by atoms with Crippen LogP contribution in [-0.4, -0.2) is 11.9 Å². The van der Waals surface area contributed by atoms with Gasteiger partial charge in [-0.3, -0.25) is 0 Å². The molecule has 2 aliphatic heterocycles. The number of carbonyl (C=O) groups excluding carboxylic acids is 2. The first-order chi connectivity index (χ1) is 5.75. The third-order valence-corrected chi connectivity index (χ3v) is 1.41. The molecule has 2 aliphatic rings. The minimum absolute atomic E-state index is 0.280. The molecule has 2 rings (SSSR count). The van der Waals surface area contributed by atoms with Crippen LogP contribution in [-0.2, 0) is 19.1 Å². The second kappa shape index (κ2) is 2.34. The van der Waals surface area contributed by atoms with E-state index in [9.17, 15) is 9.59 Å². The lowest BCUT2D eigenvalue weighted by Crippen LogP contribution is -1.96. The molecule has 0 unspecified atom stereocenters. The molecule has 0 saturated heterocycles. The average molecular weight is 164 g/mol. The van der Waals surface area contributed by atoms with Gasteiger partial charge >= 0.3 is 11.9 Å². The molecule has 0 aromatic rings. The van der Waals surface area contributed by atoms with E-state index < -0.39 is 11.9 Å². The Bertz CT molecular complexity index is 312. The van der Waals surface area contributed by atoms with E-state index in [0.717, 1.165) is 0 Å². The van der Waals surface area contributed by atoms with E-state index in [1.807, 2.05) is 0 Å². The highest BCUT2D eigenvalue weighted by Crippen LogP contribution is 2.20. The Hall–Kier alpha value is -1.84. The molecule has 0 N–H and O–H groups in total. The Labute approximate surface area is 67.8 Å². The van der Waals surface area contributed by atoms with E-state index in [4.69, 9.17) is 9.47 Å². The topological polar surface area (TPSA) is 52.6 Å². The molecule has 0 saturated carbocycles. The Kier molecular flexibility index (Phi) is 1.33. The molecule has 2 heterocycles. The van der Waals surface area contributed by atoms with Crippen molar-refractivity contribution in [1.29, 1.82) is 0 Å². The highest BCUT2D eigenvalue weighted by molar-refractivity contribution is 5.89. The molecule has 4 heteroatoms. The molecular formula is C8H4O4. The fraction of sp³-hybridized carbons (Fsp3) is 0. The molecule has 0 aromatic carbocycles. The second-order valence-corrected chi connectivity index (χ2v) is 2.24. The number of cyclic esters (lactones) is 2. The molecule has 0 bridgehead atoms. The second-order valence-electron chi connectivity index (χ2n) is 2.24. The summed E-state index contributed by atoms with van der Waals surface area (Å²) in [6, 6.07) is 0. The van der Waals surface area contributed by atoms with Gasteiger partial charge in [0.15, 0.2) is 11.5 Å². The SMILES string of the molecule is O=C1C=C/C(=C2\C=CC(=O)O2)O1. The number of ether oxygens (including phenoxy) is 2. The zero-order chi connectivity index (χ0) is 8.55. The van der Waals surface area contributed by atoms with Crippen molar-refractivity contribution in [3.05, 3.63) is 35.8 Å². The molecular weight excluding hydrogens is 160 g/mol. The summed E-state index contributed by atoms with van der Waals surface area (Å²) in [5.41, 5.74) is 0. The number of esters is 2. The lowest BCUT2D eigenvalue weighted by atomic mass is 10.4. The van der Waals surface area contributed by atoms with Crippen LogP contribution < -0.4 is 0 Å². The van der Waals surface area contributed by atoms with Crippen LogP contribution >= 0.6 is 0 Å². The monoisotopic (exact) mass is 164 g/mol. The fourth-order valence-electron chi connectivity index (χ4n) is 0.905. The van der Waals surface area contributed by atoms with E-state index in [0.29, 0.717) is 0 Å². The molecule has 0 amide bonds. The summed E-state index contributed by atoms with van der Waals surface area (Å²) in [6.07, 6.45) is 5.45.